The summed E-state index contributed by atoms with van der Waals surface area (Å²) in [5.41, 5.74) is 6.29. The van der Waals surface area contributed by atoms with Gasteiger partial charge in [-0.05, 0) is 19.1 Å². The van der Waals surface area contributed by atoms with Gasteiger partial charge in [0.25, 0.3) is 0 Å². The third-order valence-corrected chi connectivity index (χ3v) is 2.65. The molecule has 88 valence electrons. The number of benzene rings is 1. The van der Waals surface area contributed by atoms with E-state index in [4.69, 9.17) is 17.3 Å². The third kappa shape index (κ3) is 1.83. The Kier molecular flexibility index (Phi) is 2.72. The third-order valence-electron chi connectivity index (χ3n) is 2.33. The number of nitro groups is 1. The van der Waals surface area contributed by atoms with Gasteiger partial charge in [-0.1, -0.05) is 23.7 Å². The highest BCUT2D eigenvalue weighted by molar-refractivity contribution is 6.32. The predicted molar refractivity (Wildman–Crippen MR) is 64.4 cm³/mol. The lowest BCUT2D eigenvalue weighted by atomic mass is 10.3. The van der Waals surface area contributed by atoms with Crippen LogP contribution in [0.5, 0.6) is 0 Å². The number of nitrogens with two attached hydrogens (primary N) is 1. The number of rotatable bonds is 2. The fourth-order valence-corrected chi connectivity index (χ4v) is 1.79. The molecule has 0 atom stereocenters. The van der Waals surface area contributed by atoms with Crippen molar-refractivity contribution in [3.05, 3.63) is 45.1 Å². The van der Waals surface area contributed by atoms with E-state index < -0.39 is 4.92 Å². The Balaban J connectivity index is 2.66. The first kappa shape index (κ1) is 11.4. The van der Waals surface area contributed by atoms with Crippen molar-refractivity contribution in [2.75, 3.05) is 5.73 Å². The van der Waals surface area contributed by atoms with Gasteiger partial charge in [0.15, 0.2) is 0 Å². The molecule has 0 saturated heterocycles. The molecule has 0 aliphatic rings. The molecule has 0 unspecified atom stereocenters. The van der Waals surface area contributed by atoms with E-state index in [1.165, 1.54) is 11.6 Å². The second-order valence-electron chi connectivity index (χ2n) is 3.44. The highest BCUT2D eigenvalue weighted by Crippen LogP contribution is 2.30. The van der Waals surface area contributed by atoms with Crippen molar-refractivity contribution in [1.29, 1.82) is 0 Å². The number of anilines is 1. The van der Waals surface area contributed by atoms with E-state index in [2.05, 4.69) is 5.10 Å². The van der Waals surface area contributed by atoms with Gasteiger partial charge in [0.1, 0.15) is 5.69 Å². The molecule has 2 rings (SSSR count). The lowest BCUT2D eigenvalue weighted by Gasteiger charge is -2.04. The smallest absolute Gasteiger partial charge is 0.333 e. The van der Waals surface area contributed by atoms with E-state index in [1.807, 2.05) is 0 Å². The van der Waals surface area contributed by atoms with Crippen LogP contribution in [0.1, 0.15) is 5.69 Å². The SMILES string of the molecule is Cc1nn(-c2ccccc2Cl)c(N)c1[N+](=O)[O-]. The Bertz CT molecular complexity index is 594. The van der Waals surface area contributed by atoms with Gasteiger partial charge >= 0.3 is 5.69 Å². The molecule has 0 radical (unpaired) electrons. The summed E-state index contributed by atoms with van der Waals surface area (Å²) < 4.78 is 1.27. The van der Waals surface area contributed by atoms with Crippen LogP contribution in [0.4, 0.5) is 11.5 Å². The minimum absolute atomic E-state index is 0.0272. The molecule has 1 heterocycles. The second-order valence-corrected chi connectivity index (χ2v) is 3.85. The topological polar surface area (TPSA) is 87.0 Å². The lowest BCUT2D eigenvalue weighted by Crippen LogP contribution is -2.03. The summed E-state index contributed by atoms with van der Waals surface area (Å²) in [5.74, 6) is -0.0272. The first-order valence-electron chi connectivity index (χ1n) is 4.76. The van der Waals surface area contributed by atoms with Crippen molar-refractivity contribution < 1.29 is 4.92 Å². The van der Waals surface area contributed by atoms with Gasteiger partial charge in [-0.15, -0.1) is 0 Å². The van der Waals surface area contributed by atoms with Crippen LogP contribution in [0.25, 0.3) is 5.69 Å². The Labute approximate surface area is 102 Å². The average molecular weight is 253 g/mol. The lowest BCUT2D eigenvalue weighted by molar-refractivity contribution is -0.384. The van der Waals surface area contributed by atoms with Crippen LogP contribution in [0.2, 0.25) is 5.02 Å². The van der Waals surface area contributed by atoms with Crippen molar-refractivity contribution >= 4 is 23.1 Å². The molecule has 0 saturated carbocycles. The Morgan fingerprint density at radius 3 is 2.65 bits per heavy atom. The van der Waals surface area contributed by atoms with Gasteiger partial charge < -0.3 is 5.73 Å². The van der Waals surface area contributed by atoms with Crippen LogP contribution >= 0.6 is 11.6 Å². The molecule has 1 aromatic carbocycles. The number of para-hydroxylation sites is 1. The largest absolute Gasteiger partial charge is 0.378 e. The Hall–Kier alpha value is -2.08. The summed E-state index contributed by atoms with van der Waals surface area (Å²) in [7, 11) is 0. The first-order valence-corrected chi connectivity index (χ1v) is 5.14. The molecule has 0 bridgehead atoms. The van der Waals surface area contributed by atoms with Crippen molar-refractivity contribution in [2.24, 2.45) is 0 Å². The zero-order valence-corrected chi connectivity index (χ0v) is 9.68. The van der Waals surface area contributed by atoms with Crippen LogP contribution in [0.15, 0.2) is 24.3 Å². The van der Waals surface area contributed by atoms with Gasteiger partial charge in [-0.2, -0.15) is 5.10 Å². The molecule has 2 aromatic rings. The first-order chi connectivity index (χ1) is 8.02. The zero-order chi connectivity index (χ0) is 12.6. The molecule has 6 nitrogen and oxygen atoms in total. The summed E-state index contributed by atoms with van der Waals surface area (Å²) in [6.07, 6.45) is 0. The second kappa shape index (κ2) is 4.06. The van der Waals surface area contributed by atoms with Crippen molar-refractivity contribution in [3.8, 4) is 5.69 Å². The van der Waals surface area contributed by atoms with E-state index in [-0.39, 0.29) is 17.2 Å². The maximum atomic E-state index is 10.8. The molecule has 1 aromatic heterocycles. The van der Waals surface area contributed by atoms with Gasteiger partial charge in [-0.25, -0.2) is 4.68 Å². The summed E-state index contributed by atoms with van der Waals surface area (Å²) >= 11 is 5.99. The van der Waals surface area contributed by atoms with E-state index in [1.54, 1.807) is 24.3 Å². The normalized spacial score (nSPS) is 10.5. The number of nitrogens with zero attached hydrogens (tertiary/aromatic N) is 3. The highest BCUT2D eigenvalue weighted by Gasteiger charge is 2.24. The maximum absolute atomic E-state index is 10.8. The average Bonchev–Trinajstić information content (AvgIpc) is 2.55. The van der Waals surface area contributed by atoms with E-state index in [9.17, 15) is 10.1 Å². The summed E-state index contributed by atoms with van der Waals surface area (Å²) in [6, 6.07) is 6.87. The van der Waals surface area contributed by atoms with E-state index >= 15 is 0 Å². The summed E-state index contributed by atoms with van der Waals surface area (Å²) in [5, 5.41) is 15.3. The van der Waals surface area contributed by atoms with Crippen molar-refractivity contribution in [1.82, 2.24) is 9.78 Å². The number of hydrogen-bond donors (Lipinski definition) is 1. The Morgan fingerprint density at radius 2 is 2.12 bits per heavy atom. The molecule has 0 amide bonds. The van der Waals surface area contributed by atoms with Crippen LogP contribution in [-0.2, 0) is 0 Å². The minimum Gasteiger partial charge on any atom is -0.378 e. The number of nitrogen functional groups attached to an aromatic ring is 1. The van der Waals surface area contributed by atoms with Gasteiger partial charge in [-0.3, -0.25) is 10.1 Å². The summed E-state index contributed by atoms with van der Waals surface area (Å²) in [6.45, 7) is 1.53. The molecule has 0 spiro atoms. The molecule has 7 heteroatoms. The quantitative estimate of drug-likeness (QED) is 0.656. The molecule has 0 fully saturated rings. The van der Waals surface area contributed by atoms with Crippen LogP contribution in [0.3, 0.4) is 0 Å². The molecule has 2 N–H and O–H groups in total. The number of aromatic nitrogens is 2. The monoisotopic (exact) mass is 252 g/mol. The predicted octanol–water partition coefficient (Wildman–Crippen LogP) is 2.32. The van der Waals surface area contributed by atoms with Gasteiger partial charge in [0.05, 0.1) is 15.6 Å². The maximum Gasteiger partial charge on any atom is 0.333 e. The molecule has 17 heavy (non-hydrogen) atoms. The fourth-order valence-electron chi connectivity index (χ4n) is 1.57. The zero-order valence-electron chi connectivity index (χ0n) is 8.92. The van der Waals surface area contributed by atoms with E-state index in [0.717, 1.165) is 0 Å². The van der Waals surface area contributed by atoms with Gasteiger partial charge in [0, 0.05) is 0 Å². The van der Waals surface area contributed by atoms with E-state index in [0.29, 0.717) is 10.7 Å². The standard InChI is InChI=1S/C10H9ClN4O2/c1-6-9(15(16)17)10(12)14(13-6)8-5-3-2-4-7(8)11/h2-5H,12H2,1H3. The number of hydrogen-bond acceptors (Lipinski definition) is 4. The minimum atomic E-state index is -0.551. The molecule has 0 aliphatic carbocycles. The van der Waals surface area contributed by atoms with Crippen LogP contribution < -0.4 is 5.73 Å². The van der Waals surface area contributed by atoms with Gasteiger partial charge in [0.2, 0.25) is 5.82 Å². The van der Waals surface area contributed by atoms with Crippen molar-refractivity contribution in [3.63, 3.8) is 0 Å². The molecule has 0 aliphatic heterocycles. The van der Waals surface area contributed by atoms with Crippen LogP contribution in [0, 0.1) is 17.0 Å². The fraction of sp³-hybridized carbons (Fsp3) is 0.100. The Morgan fingerprint density at radius 1 is 1.47 bits per heavy atom. The number of halogens is 1. The molecular formula is C10H9ClN4O2. The number of aryl methyl sites for hydroxylation is 1. The molecular weight excluding hydrogens is 244 g/mol. The highest BCUT2D eigenvalue weighted by atomic mass is 35.5. The van der Waals surface area contributed by atoms with Crippen LogP contribution in [-0.4, -0.2) is 14.7 Å². The summed E-state index contributed by atoms with van der Waals surface area (Å²) in [4.78, 5) is 10.3. The van der Waals surface area contributed by atoms with Crippen molar-refractivity contribution in [2.45, 2.75) is 6.92 Å².